The molecule has 8 heteroatoms. The highest BCUT2D eigenvalue weighted by Gasteiger charge is 2.15. The molecule has 0 spiro atoms. The van der Waals surface area contributed by atoms with Crippen molar-refractivity contribution in [3.63, 3.8) is 0 Å². The minimum atomic E-state index is -0.433. The van der Waals surface area contributed by atoms with E-state index in [2.05, 4.69) is 38.1 Å². The summed E-state index contributed by atoms with van der Waals surface area (Å²) in [6.07, 6.45) is 1.65. The van der Waals surface area contributed by atoms with Gasteiger partial charge < -0.3 is 9.47 Å². The number of aromatic nitrogens is 1. The Hall–Kier alpha value is -2.98. The van der Waals surface area contributed by atoms with E-state index >= 15 is 0 Å². The fraction of sp³-hybridized carbons (Fsp3) is 0.0455. The van der Waals surface area contributed by atoms with Crippen LogP contribution in [0, 0.1) is 3.57 Å². The number of hydrazone groups is 1. The maximum absolute atomic E-state index is 12.5. The smallest absolute Gasteiger partial charge is 0.344 e. The van der Waals surface area contributed by atoms with E-state index in [0.717, 1.165) is 19.4 Å². The van der Waals surface area contributed by atoms with Crippen LogP contribution in [0.4, 0.5) is 5.13 Å². The van der Waals surface area contributed by atoms with E-state index in [4.69, 9.17) is 9.47 Å². The normalized spacial score (nSPS) is 11.0. The summed E-state index contributed by atoms with van der Waals surface area (Å²) < 4.78 is 12.8. The van der Waals surface area contributed by atoms with Crippen LogP contribution in [0.1, 0.15) is 15.9 Å². The third-order valence-electron chi connectivity index (χ3n) is 4.15. The van der Waals surface area contributed by atoms with Crippen molar-refractivity contribution in [1.29, 1.82) is 0 Å². The number of fused-ring (bicyclic) bond motifs is 1. The van der Waals surface area contributed by atoms with Crippen molar-refractivity contribution in [1.82, 2.24) is 4.98 Å². The summed E-state index contributed by atoms with van der Waals surface area (Å²) in [4.78, 5) is 16.9. The summed E-state index contributed by atoms with van der Waals surface area (Å²) >= 11 is 3.63. The highest BCUT2D eigenvalue weighted by molar-refractivity contribution is 14.1. The van der Waals surface area contributed by atoms with Gasteiger partial charge in [0.15, 0.2) is 11.5 Å². The van der Waals surface area contributed by atoms with Crippen molar-refractivity contribution >= 4 is 61.5 Å². The van der Waals surface area contributed by atoms with Crippen LogP contribution in [0.3, 0.4) is 0 Å². The minimum Gasteiger partial charge on any atom is -0.493 e. The number of para-hydroxylation sites is 1. The Morgan fingerprint density at radius 3 is 2.70 bits per heavy atom. The highest BCUT2D eigenvalue weighted by atomic mass is 127. The number of hydrogen-bond acceptors (Lipinski definition) is 7. The Balaban J connectivity index is 1.47. The van der Waals surface area contributed by atoms with E-state index in [1.54, 1.807) is 36.5 Å². The second kappa shape index (κ2) is 9.23. The number of rotatable bonds is 6. The van der Waals surface area contributed by atoms with Crippen LogP contribution in [0.25, 0.3) is 10.2 Å². The van der Waals surface area contributed by atoms with Gasteiger partial charge >= 0.3 is 5.97 Å². The molecule has 30 heavy (non-hydrogen) atoms. The van der Waals surface area contributed by atoms with Crippen LogP contribution in [-0.4, -0.2) is 24.3 Å². The van der Waals surface area contributed by atoms with E-state index in [9.17, 15) is 4.79 Å². The largest absolute Gasteiger partial charge is 0.493 e. The monoisotopic (exact) mass is 529 g/mol. The minimum absolute atomic E-state index is 0.346. The topological polar surface area (TPSA) is 72.8 Å². The van der Waals surface area contributed by atoms with Crippen LogP contribution < -0.4 is 14.9 Å². The lowest BCUT2D eigenvalue weighted by atomic mass is 10.2. The number of hydrogen-bond donors (Lipinski definition) is 1. The Kier molecular flexibility index (Phi) is 6.24. The summed E-state index contributed by atoms with van der Waals surface area (Å²) in [6, 6.07) is 20.4. The van der Waals surface area contributed by atoms with Gasteiger partial charge in [-0.3, -0.25) is 5.43 Å². The highest BCUT2D eigenvalue weighted by Crippen LogP contribution is 2.29. The van der Waals surface area contributed by atoms with E-state index in [0.29, 0.717) is 22.2 Å². The number of esters is 1. The molecule has 0 atom stereocenters. The fourth-order valence-electron chi connectivity index (χ4n) is 2.71. The van der Waals surface area contributed by atoms with Crippen molar-refractivity contribution < 1.29 is 14.3 Å². The fourth-order valence-corrected chi connectivity index (χ4v) is 4.14. The Bertz CT molecular complexity index is 1210. The summed E-state index contributed by atoms with van der Waals surface area (Å²) in [5.41, 5.74) is 5.17. The molecule has 0 fully saturated rings. The molecule has 0 aliphatic rings. The van der Waals surface area contributed by atoms with E-state index in [1.807, 2.05) is 36.4 Å². The first-order valence-electron chi connectivity index (χ1n) is 8.93. The molecule has 0 aliphatic carbocycles. The number of carbonyl (C=O) groups is 1. The number of anilines is 1. The number of thiazole rings is 1. The average molecular weight is 529 g/mol. The predicted molar refractivity (Wildman–Crippen MR) is 128 cm³/mol. The Labute approximate surface area is 190 Å². The molecule has 0 aliphatic heterocycles. The lowest BCUT2D eigenvalue weighted by molar-refractivity contribution is 0.0728. The van der Waals surface area contributed by atoms with Gasteiger partial charge in [-0.25, -0.2) is 9.78 Å². The van der Waals surface area contributed by atoms with Crippen LogP contribution in [0.2, 0.25) is 0 Å². The summed E-state index contributed by atoms with van der Waals surface area (Å²) in [7, 11) is 1.53. The van der Waals surface area contributed by atoms with Gasteiger partial charge in [-0.15, -0.1) is 0 Å². The molecule has 0 saturated carbocycles. The first-order chi connectivity index (χ1) is 14.6. The zero-order valence-electron chi connectivity index (χ0n) is 15.8. The standard InChI is InChI=1S/C22H16IN3O3S/c1-28-19-12-14(13-24-26-22-25-17-8-4-5-9-20(17)30-22)10-11-18(19)29-21(27)15-6-2-3-7-16(15)23/h2-13H,1H3,(H,25,26)/b24-13-. The molecular weight excluding hydrogens is 513 g/mol. The van der Waals surface area contributed by atoms with Crippen molar-refractivity contribution in [3.05, 3.63) is 81.4 Å². The van der Waals surface area contributed by atoms with E-state index in [-0.39, 0.29) is 0 Å². The first-order valence-corrected chi connectivity index (χ1v) is 10.8. The lowest BCUT2D eigenvalue weighted by Gasteiger charge is -2.10. The quantitative estimate of drug-likeness (QED) is 0.116. The molecule has 0 amide bonds. The second-order valence-corrected chi connectivity index (χ2v) is 8.33. The van der Waals surface area contributed by atoms with Crippen molar-refractivity contribution in [2.75, 3.05) is 12.5 Å². The summed E-state index contributed by atoms with van der Waals surface area (Å²) in [5.74, 6) is 0.355. The molecule has 0 radical (unpaired) electrons. The maximum Gasteiger partial charge on any atom is 0.344 e. The molecule has 4 aromatic rings. The van der Waals surface area contributed by atoms with Gasteiger partial charge in [0.1, 0.15) is 0 Å². The van der Waals surface area contributed by atoms with Gasteiger partial charge in [0.25, 0.3) is 0 Å². The molecule has 0 unspecified atom stereocenters. The predicted octanol–water partition coefficient (Wildman–Crippen LogP) is 5.57. The molecular formula is C22H16IN3O3S. The van der Waals surface area contributed by atoms with Crippen LogP contribution >= 0.6 is 33.9 Å². The first kappa shape index (κ1) is 20.3. The SMILES string of the molecule is COc1cc(/C=N\Nc2nc3ccccc3s2)ccc1OC(=O)c1ccccc1I. The van der Waals surface area contributed by atoms with Crippen LogP contribution in [0.15, 0.2) is 71.8 Å². The van der Waals surface area contributed by atoms with Crippen molar-refractivity contribution in [2.45, 2.75) is 0 Å². The third-order valence-corrected chi connectivity index (χ3v) is 6.03. The molecule has 1 heterocycles. The number of nitrogens with one attached hydrogen (secondary N) is 1. The number of halogens is 1. The Morgan fingerprint density at radius 1 is 1.10 bits per heavy atom. The van der Waals surface area contributed by atoms with Crippen LogP contribution in [0.5, 0.6) is 11.5 Å². The van der Waals surface area contributed by atoms with Gasteiger partial charge in [0.05, 0.1) is 29.1 Å². The van der Waals surface area contributed by atoms with Crippen LogP contribution in [-0.2, 0) is 0 Å². The molecule has 150 valence electrons. The molecule has 6 nitrogen and oxygen atoms in total. The number of carbonyl (C=O) groups excluding carboxylic acids is 1. The number of benzene rings is 3. The van der Waals surface area contributed by atoms with Crippen molar-refractivity contribution in [2.24, 2.45) is 5.10 Å². The molecule has 4 rings (SSSR count). The molecule has 1 N–H and O–H groups in total. The third kappa shape index (κ3) is 4.60. The zero-order valence-corrected chi connectivity index (χ0v) is 18.8. The number of methoxy groups -OCH3 is 1. The second-order valence-electron chi connectivity index (χ2n) is 6.14. The molecule has 0 bridgehead atoms. The van der Waals surface area contributed by atoms with Gasteiger partial charge in [-0.05, 0) is 70.6 Å². The summed E-state index contributed by atoms with van der Waals surface area (Å²) in [5, 5.41) is 4.95. The Morgan fingerprint density at radius 2 is 1.90 bits per heavy atom. The van der Waals surface area contributed by atoms with E-state index < -0.39 is 5.97 Å². The van der Waals surface area contributed by atoms with Gasteiger partial charge in [0, 0.05) is 3.57 Å². The van der Waals surface area contributed by atoms with Gasteiger partial charge in [-0.1, -0.05) is 35.6 Å². The molecule has 3 aromatic carbocycles. The van der Waals surface area contributed by atoms with Gasteiger partial charge in [-0.2, -0.15) is 5.10 Å². The average Bonchev–Trinajstić information content (AvgIpc) is 3.17. The molecule has 0 saturated heterocycles. The zero-order chi connectivity index (χ0) is 20.9. The summed E-state index contributed by atoms with van der Waals surface area (Å²) in [6.45, 7) is 0. The number of nitrogens with zero attached hydrogens (tertiary/aromatic N) is 2. The molecule has 1 aromatic heterocycles. The van der Waals surface area contributed by atoms with Gasteiger partial charge in [0.2, 0.25) is 5.13 Å². The van der Waals surface area contributed by atoms with Crippen molar-refractivity contribution in [3.8, 4) is 11.5 Å². The number of ether oxygens (including phenoxy) is 2. The maximum atomic E-state index is 12.5. The lowest BCUT2D eigenvalue weighted by Crippen LogP contribution is -2.11. The van der Waals surface area contributed by atoms with E-state index in [1.165, 1.54) is 18.4 Å².